The molecule has 0 unspecified atom stereocenters. The highest BCUT2D eigenvalue weighted by Gasteiger charge is 2.31. The van der Waals surface area contributed by atoms with Crippen LogP contribution in [0.25, 0.3) is 6.08 Å². The van der Waals surface area contributed by atoms with Crippen molar-refractivity contribution in [1.82, 2.24) is 0 Å². The number of carbonyl (C=O) groups excluding carboxylic acids is 1. The van der Waals surface area contributed by atoms with Crippen molar-refractivity contribution < 1.29 is 14.3 Å². The van der Waals surface area contributed by atoms with Gasteiger partial charge in [-0.1, -0.05) is 30.0 Å². The second-order valence-corrected chi connectivity index (χ2v) is 8.27. The number of nitrogens with zero attached hydrogens (tertiary/aromatic N) is 3. The fraction of sp³-hybridized carbons (Fsp3) is 0.280. The number of hydrogen-bond acceptors (Lipinski definition) is 6. The molecule has 2 aliphatic rings. The van der Waals surface area contributed by atoms with Crippen LogP contribution in [0.2, 0.25) is 0 Å². The molecular weight excluding hydrogens is 422 g/mol. The Bertz CT molecular complexity index is 1010. The molecule has 0 aliphatic carbocycles. The SMILES string of the molecule is C=CCSC1=NC(=Cc2ccc(N3CCOCC3)cc2)C(=O)N1c1ccc(OCC)cc1. The standard InChI is InChI=1S/C25H27N3O3S/c1-3-17-32-25-26-23(24(29)28(25)21-9-11-22(12-10-21)31-4-2)18-19-5-7-20(8-6-19)27-13-15-30-16-14-27/h3,5-12,18H,1,4,13-17H2,2H3. The van der Waals surface area contributed by atoms with Crippen LogP contribution in [-0.4, -0.2) is 49.7 Å². The fourth-order valence-corrected chi connectivity index (χ4v) is 4.32. The Labute approximate surface area is 193 Å². The normalized spacial score (nSPS) is 17.6. The molecule has 2 aromatic rings. The topological polar surface area (TPSA) is 54.4 Å². The van der Waals surface area contributed by atoms with Gasteiger partial charge in [-0.3, -0.25) is 9.69 Å². The monoisotopic (exact) mass is 449 g/mol. The van der Waals surface area contributed by atoms with Crippen LogP contribution in [0.5, 0.6) is 5.75 Å². The maximum Gasteiger partial charge on any atom is 0.283 e. The minimum Gasteiger partial charge on any atom is -0.494 e. The van der Waals surface area contributed by atoms with Gasteiger partial charge in [0.15, 0.2) is 5.17 Å². The molecule has 1 saturated heterocycles. The average molecular weight is 450 g/mol. The summed E-state index contributed by atoms with van der Waals surface area (Å²) in [4.78, 5) is 21.9. The molecule has 32 heavy (non-hydrogen) atoms. The van der Waals surface area contributed by atoms with E-state index in [0.29, 0.717) is 23.2 Å². The zero-order valence-corrected chi connectivity index (χ0v) is 19.0. The lowest BCUT2D eigenvalue weighted by Crippen LogP contribution is -2.36. The van der Waals surface area contributed by atoms with Crippen LogP contribution in [0.3, 0.4) is 0 Å². The lowest BCUT2D eigenvalue weighted by molar-refractivity contribution is -0.113. The first-order valence-electron chi connectivity index (χ1n) is 10.7. The lowest BCUT2D eigenvalue weighted by atomic mass is 10.1. The summed E-state index contributed by atoms with van der Waals surface area (Å²) in [6, 6.07) is 15.7. The number of ether oxygens (including phenoxy) is 2. The zero-order chi connectivity index (χ0) is 22.3. The lowest BCUT2D eigenvalue weighted by Gasteiger charge is -2.28. The van der Waals surface area contributed by atoms with Gasteiger partial charge in [0.2, 0.25) is 0 Å². The van der Waals surface area contributed by atoms with Crippen molar-refractivity contribution in [3.05, 3.63) is 72.4 Å². The highest BCUT2D eigenvalue weighted by Crippen LogP contribution is 2.31. The smallest absolute Gasteiger partial charge is 0.283 e. The Morgan fingerprint density at radius 3 is 2.44 bits per heavy atom. The van der Waals surface area contributed by atoms with Crippen molar-refractivity contribution in [3.8, 4) is 5.75 Å². The number of morpholine rings is 1. The third-order valence-electron chi connectivity index (χ3n) is 5.14. The van der Waals surface area contributed by atoms with Gasteiger partial charge in [-0.25, -0.2) is 4.99 Å². The number of amides is 1. The third kappa shape index (κ3) is 5.06. The number of thioether (sulfide) groups is 1. The Morgan fingerprint density at radius 2 is 1.78 bits per heavy atom. The molecule has 0 radical (unpaired) electrons. The van der Waals surface area contributed by atoms with Gasteiger partial charge in [-0.15, -0.1) is 6.58 Å². The van der Waals surface area contributed by atoms with Crippen molar-refractivity contribution in [2.24, 2.45) is 4.99 Å². The summed E-state index contributed by atoms with van der Waals surface area (Å²) in [7, 11) is 0. The number of hydrogen-bond donors (Lipinski definition) is 0. The van der Waals surface area contributed by atoms with E-state index in [-0.39, 0.29) is 5.91 Å². The van der Waals surface area contributed by atoms with E-state index in [1.165, 1.54) is 11.8 Å². The third-order valence-corrected chi connectivity index (χ3v) is 6.07. The molecule has 2 heterocycles. The molecule has 7 heteroatoms. The first-order valence-corrected chi connectivity index (χ1v) is 11.7. The number of rotatable bonds is 7. The van der Waals surface area contributed by atoms with Crippen molar-refractivity contribution in [1.29, 1.82) is 0 Å². The summed E-state index contributed by atoms with van der Waals surface area (Å²) in [6.45, 7) is 9.61. The van der Waals surface area contributed by atoms with Crippen molar-refractivity contribution in [3.63, 3.8) is 0 Å². The van der Waals surface area contributed by atoms with Gasteiger partial charge in [0, 0.05) is 24.5 Å². The van der Waals surface area contributed by atoms with E-state index in [9.17, 15) is 4.79 Å². The molecule has 1 fully saturated rings. The Kier molecular flexibility index (Phi) is 7.29. The van der Waals surface area contributed by atoms with Gasteiger partial charge >= 0.3 is 0 Å². The molecule has 0 saturated carbocycles. The van der Waals surface area contributed by atoms with E-state index in [0.717, 1.165) is 49.0 Å². The predicted molar refractivity (Wildman–Crippen MR) is 133 cm³/mol. The number of benzene rings is 2. The minimum atomic E-state index is -0.141. The van der Waals surface area contributed by atoms with Crippen LogP contribution < -0.4 is 14.5 Å². The van der Waals surface area contributed by atoms with Crippen LogP contribution >= 0.6 is 11.8 Å². The molecule has 166 valence electrons. The van der Waals surface area contributed by atoms with Gasteiger partial charge in [0.1, 0.15) is 11.4 Å². The largest absolute Gasteiger partial charge is 0.494 e. The summed E-state index contributed by atoms with van der Waals surface area (Å²) in [6.07, 6.45) is 3.65. The highest BCUT2D eigenvalue weighted by atomic mass is 32.2. The summed E-state index contributed by atoms with van der Waals surface area (Å²) in [5.41, 5.74) is 3.29. The predicted octanol–water partition coefficient (Wildman–Crippen LogP) is 4.58. The van der Waals surface area contributed by atoms with E-state index in [1.807, 2.05) is 49.4 Å². The number of amidine groups is 1. The summed E-state index contributed by atoms with van der Waals surface area (Å²) < 4.78 is 10.9. The minimum absolute atomic E-state index is 0.141. The van der Waals surface area contributed by atoms with Crippen LogP contribution in [0.4, 0.5) is 11.4 Å². The van der Waals surface area contributed by atoms with Crippen molar-refractivity contribution >= 4 is 40.3 Å². The molecule has 0 aromatic heterocycles. The molecular formula is C25H27N3O3S. The van der Waals surface area contributed by atoms with Crippen LogP contribution in [0.1, 0.15) is 12.5 Å². The van der Waals surface area contributed by atoms with Crippen molar-refractivity contribution in [2.45, 2.75) is 6.92 Å². The molecule has 0 spiro atoms. The molecule has 2 aromatic carbocycles. The Hall–Kier alpha value is -3.03. The van der Waals surface area contributed by atoms with Gasteiger partial charge in [-0.05, 0) is 55.0 Å². The first kappa shape index (κ1) is 22.2. The summed E-state index contributed by atoms with van der Waals surface area (Å²) in [5, 5.41) is 0.648. The first-order chi connectivity index (χ1) is 15.7. The van der Waals surface area contributed by atoms with E-state index in [4.69, 9.17) is 9.47 Å². The van der Waals surface area contributed by atoms with E-state index in [2.05, 4.69) is 28.6 Å². The number of anilines is 2. The summed E-state index contributed by atoms with van der Waals surface area (Å²) >= 11 is 1.49. The molecule has 0 atom stereocenters. The van der Waals surface area contributed by atoms with Gasteiger partial charge in [-0.2, -0.15) is 0 Å². The average Bonchev–Trinajstić information content (AvgIpc) is 3.14. The fourth-order valence-electron chi connectivity index (χ4n) is 3.57. The van der Waals surface area contributed by atoms with Gasteiger partial charge in [0.25, 0.3) is 5.91 Å². The van der Waals surface area contributed by atoms with Gasteiger partial charge < -0.3 is 14.4 Å². The van der Waals surface area contributed by atoms with E-state index < -0.39 is 0 Å². The maximum atomic E-state index is 13.3. The number of carbonyl (C=O) groups is 1. The van der Waals surface area contributed by atoms with Crippen LogP contribution in [0.15, 0.2) is 71.9 Å². The van der Waals surface area contributed by atoms with Crippen LogP contribution in [0, 0.1) is 0 Å². The summed E-state index contributed by atoms with van der Waals surface area (Å²) in [5.74, 6) is 1.30. The molecule has 1 amide bonds. The van der Waals surface area contributed by atoms with Gasteiger partial charge in [0.05, 0.1) is 25.5 Å². The highest BCUT2D eigenvalue weighted by molar-refractivity contribution is 8.14. The molecule has 4 rings (SSSR count). The van der Waals surface area contributed by atoms with Crippen molar-refractivity contribution in [2.75, 3.05) is 48.5 Å². The second kappa shape index (κ2) is 10.5. The number of aliphatic imine (C=N–C) groups is 1. The molecule has 0 N–H and O–H groups in total. The Balaban J connectivity index is 1.56. The quantitative estimate of drug-likeness (QED) is 0.457. The molecule has 6 nitrogen and oxygen atoms in total. The Morgan fingerprint density at radius 1 is 1.09 bits per heavy atom. The molecule has 2 aliphatic heterocycles. The van der Waals surface area contributed by atoms with E-state index >= 15 is 0 Å². The zero-order valence-electron chi connectivity index (χ0n) is 18.2. The maximum absolute atomic E-state index is 13.3. The van der Waals surface area contributed by atoms with E-state index in [1.54, 1.807) is 11.0 Å². The molecule has 0 bridgehead atoms. The van der Waals surface area contributed by atoms with Crippen LogP contribution in [-0.2, 0) is 9.53 Å². The second-order valence-electron chi connectivity index (χ2n) is 7.28.